The Morgan fingerprint density at radius 1 is 1.29 bits per heavy atom. The fourth-order valence-corrected chi connectivity index (χ4v) is 2.89. The summed E-state index contributed by atoms with van der Waals surface area (Å²) in [7, 11) is 0. The van der Waals surface area contributed by atoms with Gasteiger partial charge in [0.25, 0.3) is 0 Å². The third-order valence-electron chi connectivity index (χ3n) is 2.84. The van der Waals surface area contributed by atoms with Crippen molar-refractivity contribution in [1.82, 2.24) is 5.32 Å². The highest BCUT2D eigenvalue weighted by atomic mass is 35.5. The Bertz CT molecular complexity index is 672. The van der Waals surface area contributed by atoms with Crippen molar-refractivity contribution < 1.29 is 14.7 Å². The number of hydrogen-bond acceptors (Lipinski definition) is 3. The molecule has 7 heteroatoms. The zero-order chi connectivity index (χ0) is 15.4. The average molecular weight is 325 g/mol. The summed E-state index contributed by atoms with van der Waals surface area (Å²) in [5, 5.41) is 16.7. The Balaban J connectivity index is 2.03. The van der Waals surface area contributed by atoms with Gasteiger partial charge in [-0.2, -0.15) is 0 Å². The molecule has 0 aliphatic heterocycles. The molecule has 0 radical (unpaired) electrons. The molecule has 2 aromatic rings. The second-order valence-corrected chi connectivity index (χ2v) is 5.63. The fraction of sp³-hybridized carbons (Fsp3) is 0.143. The second kappa shape index (κ2) is 6.60. The lowest BCUT2D eigenvalue weighted by atomic mass is 10.1. The summed E-state index contributed by atoms with van der Waals surface area (Å²) in [6.07, 6.45) is 0. The Kier molecular flexibility index (Phi) is 4.82. The van der Waals surface area contributed by atoms with Crippen LogP contribution in [0.1, 0.15) is 28.9 Å². The van der Waals surface area contributed by atoms with Crippen LogP contribution in [0.2, 0.25) is 5.02 Å². The maximum Gasteiger partial charge on any atom is 0.338 e. The molecule has 0 aliphatic carbocycles. The van der Waals surface area contributed by atoms with Crippen LogP contribution in [0.5, 0.6) is 0 Å². The monoisotopic (exact) mass is 324 g/mol. The molecule has 0 saturated carbocycles. The SMILES string of the molecule is C[C@@H](NC(=O)Nc1sccc1C(=O)O)c1ccccc1Cl. The van der Waals surface area contributed by atoms with E-state index in [1.54, 1.807) is 18.4 Å². The van der Waals surface area contributed by atoms with E-state index in [1.165, 1.54) is 6.07 Å². The highest BCUT2D eigenvalue weighted by Gasteiger charge is 2.16. The highest BCUT2D eigenvalue weighted by molar-refractivity contribution is 7.14. The standard InChI is InChI=1S/C14H13ClN2O3S/c1-8(9-4-2-3-5-11(9)15)16-14(20)17-12-10(13(18)19)6-7-21-12/h2-8H,1H3,(H,18,19)(H2,16,17,20)/t8-/m1/s1. The van der Waals surface area contributed by atoms with Gasteiger partial charge in [0, 0.05) is 5.02 Å². The van der Waals surface area contributed by atoms with Crippen molar-refractivity contribution in [3.8, 4) is 0 Å². The number of nitrogens with one attached hydrogen (secondary N) is 2. The summed E-state index contributed by atoms with van der Waals surface area (Å²) < 4.78 is 0. The number of carboxylic acids is 1. The molecule has 0 fully saturated rings. The van der Waals surface area contributed by atoms with Crippen LogP contribution in [0.3, 0.4) is 0 Å². The number of amides is 2. The van der Waals surface area contributed by atoms with Gasteiger partial charge in [0.05, 0.1) is 11.6 Å². The Morgan fingerprint density at radius 3 is 2.67 bits per heavy atom. The van der Waals surface area contributed by atoms with E-state index in [-0.39, 0.29) is 11.6 Å². The minimum absolute atomic E-state index is 0.0700. The summed E-state index contributed by atoms with van der Waals surface area (Å²) in [4.78, 5) is 22.9. The van der Waals surface area contributed by atoms with Crippen molar-refractivity contribution in [2.75, 3.05) is 5.32 Å². The summed E-state index contributed by atoms with van der Waals surface area (Å²) in [5.41, 5.74) is 0.861. The normalized spacial score (nSPS) is 11.7. The number of hydrogen-bond donors (Lipinski definition) is 3. The molecule has 3 N–H and O–H groups in total. The molecule has 0 saturated heterocycles. The molecule has 2 rings (SSSR count). The molecule has 5 nitrogen and oxygen atoms in total. The number of halogens is 1. The number of aromatic carboxylic acids is 1. The van der Waals surface area contributed by atoms with Crippen molar-refractivity contribution in [2.24, 2.45) is 0 Å². The van der Waals surface area contributed by atoms with Gasteiger partial charge in [-0.25, -0.2) is 9.59 Å². The van der Waals surface area contributed by atoms with Crippen LogP contribution in [-0.4, -0.2) is 17.1 Å². The van der Waals surface area contributed by atoms with E-state index >= 15 is 0 Å². The molecule has 0 aliphatic rings. The van der Waals surface area contributed by atoms with E-state index in [4.69, 9.17) is 16.7 Å². The molecule has 1 atom stereocenters. The van der Waals surface area contributed by atoms with Crippen LogP contribution >= 0.6 is 22.9 Å². The van der Waals surface area contributed by atoms with Gasteiger partial charge in [-0.15, -0.1) is 11.3 Å². The number of benzene rings is 1. The van der Waals surface area contributed by atoms with Crippen molar-refractivity contribution in [1.29, 1.82) is 0 Å². The molecule has 1 aromatic carbocycles. The quantitative estimate of drug-likeness (QED) is 0.796. The smallest absolute Gasteiger partial charge is 0.338 e. The fourth-order valence-electron chi connectivity index (χ4n) is 1.81. The highest BCUT2D eigenvalue weighted by Crippen LogP contribution is 2.24. The van der Waals surface area contributed by atoms with Crippen molar-refractivity contribution in [3.05, 3.63) is 51.9 Å². The van der Waals surface area contributed by atoms with Crippen molar-refractivity contribution in [2.45, 2.75) is 13.0 Å². The first-order valence-corrected chi connectivity index (χ1v) is 7.37. The maximum absolute atomic E-state index is 11.9. The minimum atomic E-state index is -1.08. The minimum Gasteiger partial charge on any atom is -0.478 e. The molecular formula is C14H13ClN2O3S. The number of carbonyl (C=O) groups is 2. The van der Waals surface area contributed by atoms with Gasteiger partial charge in [0.15, 0.2) is 0 Å². The Morgan fingerprint density at radius 2 is 2.00 bits per heavy atom. The van der Waals surface area contributed by atoms with Gasteiger partial charge in [0.2, 0.25) is 0 Å². The van der Waals surface area contributed by atoms with Gasteiger partial charge in [0.1, 0.15) is 5.00 Å². The summed E-state index contributed by atoms with van der Waals surface area (Å²) in [6.45, 7) is 1.80. The molecule has 21 heavy (non-hydrogen) atoms. The lowest BCUT2D eigenvalue weighted by Gasteiger charge is -2.16. The first kappa shape index (κ1) is 15.3. The third-order valence-corrected chi connectivity index (χ3v) is 4.02. The molecule has 0 bridgehead atoms. The first-order valence-electron chi connectivity index (χ1n) is 6.11. The van der Waals surface area contributed by atoms with Crippen LogP contribution in [0.4, 0.5) is 9.80 Å². The number of carbonyl (C=O) groups excluding carboxylic acids is 1. The Labute approximate surface area is 130 Å². The van der Waals surface area contributed by atoms with E-state index < -0.39 is 12.0 Å². The topological polar surface area (TPSA) is 78.4 Å². The van der Waals surface area contributed by atoms with E-state index in [0.717, 1.165) is 16.9 Å². The van der Waals surface area contributed by atoms with E-state index in [9.17, 15) is 9.59 Å². The molecule has 110 valence electrons. The summed E-state index contributed by atoms with van der Waals surface area (Å²) >= 11 is 7.22. The van der Waals surface area contributed by atoms with E-state index in [2.05, 4.69) is 10.6 Å². The zero-order valence-electron chi connectivity index (χ0n) is 11.1. The molecule has 0 spiro atoms. The number of anilines is 1. The molecule has 1 heterocycles. The number of urea groups is 1. The molecule has 2 amide bonds. The van der Waals surface area contributed by atoms with Gasteiger partial charge in [-0.05, 0) is 30.0 Å². The van der Waals surface area contributed by atoms with Gasteiger partial charge in [-0.1, -0.05) is 29.8 Å². The van der Waals surface area contributed by atoms with Crippen LogP contribution in [0, 0.1) is 0 Å². The van der Waals surface area contributed by atoms with Crippen LogP contribution < -0.4 is 10.6 Å². The lowest BCUT2D eigenvalue weighted by molar-refractivity contribution is 0.0698. The number of rotatable bonds is 4. The molecule has 1 aromatic heterocycles. The van der Waals surface area contributed by atoms with Crippen LogP contribution in [0.25, 0.3) is 0 Å². The van der Waals surface area contributed by atoms with Crippen LogP contribution in [0.15, 0.2) is 35.7 Å². The third kappa shape index (κ3) is 3.74. The van der Waals surface area contributed by atoms with Gasteiger partial charge in [-0.3, -0.25) is 5.32 Å². The van der Waals surface area contributed by atoms with Gasteiger partial charge < -0.3 is 10.4 Å². The molecule has 0 unspecified atom stereocenters. The average Bonchev–Trinajstić information content (AvgIpc) is 2.87. The van der Waals surface area contributed by atoms with E-state index in [1.807, 2.05) is 18.2 Å². The predicted octanol–water partition coefficient (Wildman–Crippen LogP) is 3.98. The lowest BCUT2D eigenvalue weighted by Crippen LogP contribution is -2.31. The second-order valence-electron chi connectivity index (χ2n) is 4.31. The first-order chi connectivity index (χ1) is 9.99. The predicted molar refractivity (Wildman–Crippen MR) is 83.3 cm³/mol. The molecular weight excluding hydrogens is 312 g/mol. The van der Waals surface area contributed by atoms with Gasteiger partial charge >= 0.3 is 12.0 Å². The summed E-state index contributed by atoms with van der Waals surface area (Å²) in [6, 6.07) is 7.87. The van der Waals surface area contributed by atoms with E-state index in [0.29, 0.717) is 10.0 Å². The summed E-state index contributed by atoms with van der Waals surface area (Å²) in [5.74, 6) is -1.08. The Hall–Kier alpha value is -2.05. The number of thiophene rings is 1. The van der Waals surface area contributed by atoms with Crippen LogP contribution in [-0.2, 0) is 0 Å². The largest absolute Gasteiger partial charge is 0.478 e. The zero-order valence-corrected chi connectivity index (χ0v) is 12.7. The van der Waals surface area contributed by atoms with Crippen molar-refractivity contribution >= 4 is 39.9 Å². The maximum atomic E-state index is 11.9. The number of carboxylic acid groups (broad SMARTS) is 1. The van der Waals surface area contributed by atoms with Crippen molar-refractivity contribution in [3.63, 3.8) is 0 Å².